The highest BCUT2D eigenvalue weighted by Crippen LogP contribution is 2.27. The van der Waals surface area contributed by atoms with Gasteiger partial charge >= 0.3 is 0 Å². The predicted molar refractivity (Wildman–Crippen MR) is 79.0 cm³/mol. The fourth-order valence-electron chi connectivity index (χ4n) is 2.20. The molecule has 2 atom stereocenters. The summed E-state index contributed by atoms with van der Waals surface area (Å²) >= 11 is 0. The van der Waals surface area contributed by atoms with Gasteiger partial charge in [-0.2, -0.15) is 0 Å². The van der Waals surface area contributed by atoms with Crippen LogP contribution >= 0.6 is 0 Å². The average molecular weight is 273 g/mol. The van der Waals surface area contributed by atoms with Crippen LogP contribution in [0.1, 0.15) is 30.3 Å². The summed E-state index contributed by atoms with van der Waals surface area (Å²) in [5.74, 6) is -0.229. The summed E-state index contributed by atoms with van der Waals surface area (Å²) in [6, 6.07) is 16.7. The van der Waals surface area contributed by atoms with Gasteiger partial charge in [0.25, 0.3) is 0 Å². The van der Waals surface area contributed by atoms with Crippen molar-refractivity contribution in [2.24, 2.45) is 0 Å². The molecule has 2 rings (SSSR count). The zero-order valence-corrected chi connectivity index (χ0v) is 11.8. The van der Waals surface area contributed by atoms with Crippen LogP contribution in [-0.4, -0.2) is 13.6 Å². The lowest BCUT2D eigenvalue weighted by Gasteiger charge is -2.23. The molecular weight excluding hydrogens is 253 g/mol. The Morgan fingerprint density at radius 1 is 1.05 bits per heavy atom. The van der Waals surface area contributed by atoms with Crippen molar-refractivity contribution in [1.82, 2.24) is 5.32 Å². The molecule has 0 bridgehead atoms. The Balaban J connectivity index is 2.16. The van der Waals surface area contributed by atoms with Crippen LogP contribution in [0.15, 0.2) is 54.6 Å². The molecule has 2 unspecified atom stereocenters. The molecule has 2 nitrogen and oxygen atoms in total. The Labute approximate surface area is 119 Å². The highest BCUT2D eigenvalue weighted by molar-refractivity contribution is 5.21. The van der Waals surface area contributed by atoms with Crippen molar-refractivity contribution in [1.29, 1.82) is 0 Å². The molecule has 0 heterocycles. The van der Waals surface area contributed by atoms with Crippen LogP contribution in [0.5, 0.6) is 0 Å². The number of ether oxygens (including phenoxy) is 1. The van der Waals surface area contributed by atoms with Crippen LogP contribution in [0.2, 0.25) is 0 Å². The normalized spacial score (nSPS) is 13.9. The first-order valence-electron chi connectivity index (χ1n) is 6.81. The minimum atomic E-state index is -0.309. The van der Waals surface area contributed by atoms with Crippen molar-refractivity contribution in [3.8, 4) is 0 Å². The quantitative estimate of drug-likeness (QED) is 0.862. The molecule has 0 saturated heterocycles. The Morgan fingerprint density at radius 2 is 1.70 bits per heavy atom. The van der Waals surface area contributed by atoms with Crippen LogP contribution < -0.4 is 5.32 Å². The van der Waals surface area contributed by atoms with Crippen molar-refractivity contribution in [3.05, 3.63) is 71.5 Å². The Bertz CT molecular complexity index is 530. The lowest BCUT2D eigenvalue weighted by molar-refractivity contribution is -0.00519. The molecule has 2 aromatic rings. The van der Waals surface area contributed by atoms with Crippen LogP contribution in [0.25, 0.3) is 0 Å². The largest absolute Gasteiger partial charge is 0.364 e. The third-order valence-corrected chi connectivity index (χ3v) is 3.28. The number of likely N-dealkylation sites (N-methyl/N-ethyl adjacent to an activating group) is 1. The summed E-state index contributed by atoms with van der Waals surface area (Å²) in [5.41, 5.74) is 1.68. The van der Waals surface area contributed by atoms with Crippen LogP contribution in [0.4, 0.5) is 4.39 Å². The third-order valence-electron chi connectivity index (χ3n) is 3.28. The maximum Gasteiger partial charge on any atom is 0.129 e. The van der Waals surface area contributed by atoms with E-state index in [1.807, 2.05) is 50.4 Å². The Kier molecular flexibility index (Phi) is 5.27. The van der Waals surface area contributed by atoms with Crippen molar-refractivity contribution in [2.45, 2.75) is 19.1 Å². The van der Waals surface area contributed by atoms with Crippen molar-refractivity contribution in [3.63, 3.8) is 0 Å². The van der Waals surface area contributed by atoms with E-state index in [2.05, 4.69) is 5.32 Å². The molecule has 0 aliphatic rings. The van der Waals surface area contributed by atoms with E-state index in [1.54, 1.807) is 12.1 Å². The maximum atomic E-state index is 13.9. The van der Waals surface area contributed by atoms with Crippen molar-refractivity contribution >= 4 is 0 Å². The summed E-state index contributed by atoms with van der Waals surface area (Å²) in [6.07, 6.45) is -0.398. The monoisotopic (exact) mass is 273 g/mol. The number of halogens is 1. The first kappa shape index (κ1) is 14.7. The van der Waals surface area contributed by atoms with Gasteiger partial charge in [-0.1, -0.05) is 48.5 Å². The lowest BCUT2D eigenvalue weighted by Crippen LogP contribution is -2.22. The number of benzene rings is 2. The van der Waals surface area contributed by atoms with E-state index in [9.17, 15) is 4.39 Å². The number of nitrogens with one attached hydrogen (secondary N) is 1. The van der Waals surface area contributed by atoms with Gasteiger partial charge in [0.15, 0.2) is 0 Å². The van der Waals surface area contributed by atoms with Gasteiger partial charge in [0.2, 0.25) is 0 Å². The lowest BCUT2D eigenvalue weighted by atomic mass is 10.1. The smallest absolute Gasteiger partial charge is 0.129 e. The molecule has 0 aliphatic carbocycles. The molecule has 0 aromatic heterocycles. The molecule has 3 heteroatoms. The molecule has 0 aliphatic heterocycles. The van der Waals surface area contributed by atoms with Gasteiger partial charge < -0.3 is 10.1 Å². The fourth-order valence-corrected chi connectivity index (χ4v) is 2.20. The first-order valence-corrected chi connectivity index (χ1v) is 6.81. The van der Waals surface area contributed by atoms with Gasteiger partial charge in [0, 0.05) is 12.1 Å². The summed E-state index contributed by atoms with van der Waals surface area (Å²) in [5, 5.41) is 3.06. The molecule has 20 heavy (non-hydrogen) atoms. The summed E-state index contributed by atoms with van der Waals surface area (Å²) in [6.45, 7) is 2.55. The Hall–Kier alpha value is -1.71. The van der Waals surface area contributed by atoms with E-state index in [0.717, 1.165) is 5.56 Å². The van der Waals surface area contributed by atoms with Gasteiger partial charge in [-0.15, -0.1) is 0 Å². The van der Waals surface area contributed by atoms with E-state index in [4.69, 9.17) is 4.74 Å². The molecule has 0 amide bonds. The second kappa shape index (κ2) is 7.17. The molecule has 0 spiro atoms. The summed E-state index contributed by atoms with van der Waals surface area (Å²) in [7, 11) is 1.84. The highest BCUT2D eigenvalue weighted by atomic mass is 19.1. The summed E-state index contributed by atoms with van der Waals surface area (Å²) in [4.78, 5) is 0. The number of hydrogen-bond donors (Lipinski definition) is 1. The molecule has 0 radical (unpaired) electrons. The molecular formula is C17H20FNO. The third kappa shape index (κ3) is 3.65. The second-order valence-electron chi connectivity index (χ2n) is 4.76. The first-order chi connectivity index (χ1) is 9.72. The van der Waals surface area contributed by atoms with Crippen LogP contribution in [0, 0.1) is 5.82 Å². The maximum absolute atomic E-state index is 13.9. The molecule has 106 valence electrons. The average Bonchev–Trinajstić information content (AvgIpc) is 2.48. The number of hydrogen-bond acceptors (Lipinski definition) is 2. The van der Waals surface area contributed by atoms with E-state index in [0.29, 0.717) is 12.1 Å². The number of rotatable bonds is 6. The zero-order valence-electron chi connectivity index (χ0n) is 11.8. The van der Waals surface area contributed by atoms with Crippen molar-refractivity contribution in [2.75, 3.05) is 13.6 Å². The molecule has 1 N–H and O–H groups in total. The van der Waals surface area contributed by atoms with E-state index < -0.39 is 0 Å². The standard InChI is InChI=1S/C17H20FNO/c1-13(14-8-4-3-5-9-14)20-17(12-19-2)15-10-6-7-11-16(15)18/h3-11,13,17,19H,12H2,1-2H3. The van der Waals surface area contributed by atoms with Crippen LogP contribution in [0.3, 0.4) is 0 Å². The predicted octanol–water partition coefficient (Wildman–Crippen LogP) is 3.86. The van der Waals surface area contributed by atoms with Gasteiger partial charge in [-0.3, -0.25) is 0 Å². The molecule has 0 fully saturated rings. The zero-order chi connectivity index (χ0) is 14.4. The van der Waals surface area contributed by atoms with E-state index in [-0.39, 0.29) is 18.0 Å². The second-order valence-corrected chi connectivity index (χ2v) is 4.76. The minimum absolute atomic E-state index is 0.0887. The Morgan fingerprint density at radius 3 is 2.35 bits per heavy atom. The fraction of sp³-hybridized carbons (Fsp3) is 0.294. The van der Waals surface area contributed by atoms with Crippen molar-refractivity contribution < 1.29 is 9.13 Å². The highest BCUT2D eigenvalue weighted by Gasteiger charge is 2.19. The minimum Gasteiger partial charge on any atom is -0.364 e. The summed E-state index contributed by atoms with van der Waals surface area (Å²) < 4.78 is 19.9. The van der Waals surface area contributed by atoms with Gasteiger partial charge in [0.05, 0.1) is 12.2 Å². The SMILES string of the molecule is CNCC(OC(C)c1ccccc1)c1ccccc1F. The molecule has 0 saturated carbocycles. The molecule has 2 aromatic carbocycles. The van der Waals surface area contributed by atoms with Gasteiger partial charge in [0.1, 0.15) is 5.82 Å². The van der Waals surface area contributed by atoms with Crippen LogP contribution in [-0.2, 0) is 4.74 Å². The van der Waals surface area contributed by atoms with Gasteiger partial charge in [-0.05, 0) is 25.6 Å². The topological polar surface area (TPSA) is 21.3 Å². The van der Waals surface area contributed by atoms with E-state index >= 15 is 0 Å². The van der Waals surface area contributed by atoms with Gasteiger partial charge in [-0.25, -0.2) is 4.39 Å². The van der Waals surface area contributed by atoms with E-state index in [1.165, 1.54) is 6.07 Å².